The number of nitrogens with zero attached hydrogens (tertiary/aromatic N) is 2. The molecule has 132 valence electrons. The number of nitrogens with one attached hydrogen (secondary N) is 2. The number of aromatic amines is 2. The van der Waals surface area contributed by atoms with Gasteiger partial charge in [0.05, 0.1) is 36.3 Å². The van der Waals surface area contributed by atoms with Crippen molar-refractivity contribution in [3.8, 4) is 5.75 Å². The van der Waals surface area contributed by atoms with E-state index in [1.165, 1.54) is 0 Å². The summed E-state index contributed by atoms with van der Waals surface area (Å²) in [5.74, 6) is 0.526. The molecule has 0 aromatic carbocycles. The van der Waals surface area contributed by atoms with Gasteiger partial charge in [0, 0.05) is 22.6 Å². The lowest BCUT2D eigenvalue weighted by molar-refractivity contribution is 0.345. The summed E-state index contributed by atoms with van der Waals surface area (Å²) in [6, 6.07) is 12.1. The summed E-state index contributed by atoms with van der Waals surface area (Å²) in [4.78, 5) is 15.9. The Hall–Kier alpha value is -3.60. The molecule has 2 aliphatic rings. The summed E-state index contributed by atoms with van der Waals surface area (Å²) in [6.45, 7) is 2.40. The van der Waals surface area contributed by atoms with Gasteiger partial charge in [-0.15, -0.1) is 0 Å². The molecular formula is C22H18N4O. The summed E-state index contributed by atoms with van der Waals surface area (Å²) in [6.07, 6.45) is 7.82. The van der Waals surface area contributed by atoms with Crippen LogP contribution in [0.5, 0.6) is 5.75 Å². The van der Waals surface area contributed by atoms with Crippen LogP contribution in [0.2, 0.25) is 0 Å². The van der Waals surface area contributed by atoms with Gasteiger partial charge in [0.25, 0.3) is 0 Å². The van der Waals surface area contributed by atoms with Crippen molar-refractivity contribution in [1.82, 2.24) is 19.9 Å². The Morgan fingerprint density at radius 2 is 1.37 bits per heavy atom. The quantitative estimate of drug-likeness (QED) is 0.465. The number of hydrogen-bond acceptors (Lipinski definition) is 3. The lowest BCUT2D eigenvalue weighted by Gasteiger charge is -1.97. The fourth-order valence-corrected chi connectivity index (χ4v) is 3.18. The van der Waals surface area contributed by atoms with E-state index >= 15 is 0 Å². The SMILES string of the molecule is [2H]c1c(OCC)c2cc3nc(cc4ccc(cc5nc(cc1[nH]2)C=C5)[nH]4)C=C3. The number of hydrogen-bond donors (Lipinski definition) is 2. The lowest BCUT2D eigenvalue weighted by atomic mass is 10.3. The zero-order chi connectivity index (χ0) is 19.1. The molecule has 8 bridgehead atoms. The van der Waals surface area contributed by atoms with Crippen molar-refractivity contribution in [3.05, 3.63) is 65.2 Å². The largest absolute Gasteiger partial charge is 0.492 e. The molecule has 0 radical (unpaired) electrons. The fourth-order valence-electron chi connectivity index (χ4n) is 3.18. The monoisotopic (exact) mass is 355 g/mol. The minimum atomic E-state index is 0.317. The normalized spacial score (nSPS) is 13.0. The molecule has 5 rings (SSSR count). The molecule has 3 aromatic rings. The van der Waals surface area contributed by atoms with Crippen molar-refractivity contribution < 1.29 is 6.11 Å². The number of rotatable bonds is 2. The van der Waals surface area contributed by atoms with E-state index in [9.17, 15) is 0 Å². The van der Waals surface area contributed by atoms with Gasteiger partial charge in [-0.1, -0.05) is 0 Å². The molecule has 0 atom stereocenters. The first kappa shape index (κ1) is 14.6. The second-order valence-corrected chi connectivity index (χ2v) is 6.38. The van der Waals surface area contributed by atoms with Crippen LogP contribution in [0.1, 0.15) is 31.1 Å². The van der Waals surface area contributed by atoms with E-state index < -0.39 is 0 Å². The lowest BCUT2D eigenvalue weighted by Crippen LogP contribution is -1.89. The molecule has 0 amide bonds. The van der Waals surface area contributed by atoms with Crippen LogP contribution in [0.4, 0.5) is 0 Å². The molecule has 5 nitrogen and oxygen atoms in total. The molecule has 27 heavy (non-hydrogen) atoms. The Labute approximate surface area is 157 Å². The van der Waals surface area contributed by atoms with Crippen LogP contribution in [-0.4, -0.2) is 26.5 Å². The highest BCUT2D eigenvalue weighted by Crippen LogP contribution is 2.24. The van der Waals surface area contributed by atoms with E-state index in [4.69, 9.17) is 6.11 Å². The predicted octanol–water partition coefficient (Wildman–Crippen LogP) is 5.05. The highest BCUT2D eigenvalue weighted by Gasteiger charge is 2.05. The zero-order valence-corrected chi connectivity index (χ0v) is 14.8. The van der Waals surface area contributed by atoms with Gasteiger partial charge in [0.15, 0.2) is 0 Å². The van der Waals surface area contributed by atoms with Crippen LogP contribution >= 0.6 is 0 Å². The number of aromatic nitrogens is 4. The molecular weight excluding hydrogens is 336 g/mol. The molecule has 2 N–H and O–H groups in total. The van der Waals surface area contributed by atoms with Crippen LogP contribution in [0, 0.1) is 0 Å². The predicted molar refractivity (Wildman–Crippen MR) is 110 cm³/mol. The van der Waals surface area contributed by atoms with E-state index in [2.05, 4.69) is 19.9 Å². The van der Waals surface area contributed by atoms with Crippen LogP contribution < -0.4 is 4.74 Å². The summed E-state index contributed by atoms with van der Waals surface area (Å²) in [5, 5.41) is 0. The van der Waals surface area contributed by atoms with Crippen molar-refractivity contribution in [2.75, 3.05) is 6.61 Å². The van der Waals surface area contributed by atoms with Gasteiger partial charge in [0.1, 0.15) is 5.75 Å². The third-order valence-corrected chi connectivity index (χ3v) is 4.34. The molecule has 3 aromatic heterocycles. The van der Waals surface area contributed by atoms with Crippen LogP contribution in [0.3, 0.4) is 0 Å². The minimum absolute atomic E-state index is 0.317. The Morgan fingerprint density at radius 3 is 1.96 bits per heavy atom. The van der Waals surface area contributed by atoms with Gasteiger partial charge < -0.3 is 14.7 Å². The minimum Gasteiger partial charge on any atom is -0.492 e. The average molecular weight is 355 g/mol. The third-order valence-electron chi connectivity index (χ3n) is 4.34. The maximum atomic E-state index is 8.50. The van der Waals surface area contributed by atoms with Crippen molar-refractivity contribution in [2.45, 2.75) is 6.92 Å². The topological polar surface area (TPSA) is 66.6 Å². The average Bonchev–Trinajstić information content (AvgIpc) is 3.44. The van der Waals surface area contributed by atoms with E-state index in [1.807, 2.05) is 67.6 Å². The van der Waals surface area contributed by atoms with Crippen LogP contribution in [0.25, 0.3) is 46.4 Å². The third kappa shape index (κ3) is 3.15. The standard InChI is InChI=1S/C22H18N4O/c1-2-27-22-13-20-11-18-6-5-16(24-18)9-14-3-4-15(23-14)10-17-7-8-19(25-17)12-21(22)26-20/h3-13,23,26H,2H2,1H3/i13D. The van der Waals surface area contributed by atoms with Gasteiger partial charge in [-0.2, -0.15) is 0 Å². The second-order valence-electron chi connectivity index (χ2n) is 6.38. The summed E-state index contributed by atoms with van der Waals surface area (Å²) < 4.78 is 14.2. The van der Waals surface area contributed by atoms with Crippen molar-refractivity contribution >= 4 is 46.4 Å². The van der Waals surface area contributed by atoms with Crippen molar-refractivity contribution in [3.63, 3.8) is 0 Å². The van der Waals surface area contributed by atoms with Gasteiger partial charge in [-0.3, -0.25) is 0 Å². The van der Waals surface area contributed by atoms with Crippen LogP contribution in [-0.2, 0) is 0 Å². The molecule has 2 aliphatic heterocycles. The van der Waals surface area contributed by atoms with Gasteiger partial charge in [-0.05, 0) is 67.6 Å². The Morgan fingerprint density at radius 1 is 0.815 bits per heavy atom. The first-order valence-corrected chi connectivity index (χ1v) is 8.89. The Balaban J connectivity index is 1.87. The fraction of sp³-hybridized carbons (Fsp3) is 0.0909. The first-order chi connectivity index (χ1) is 13.7. The van der Waals surface area contributed by atoms with Gasteiger partial charge in [0.2, 0.25) is 0 Å². The first-order valence-electron chi connectivity index (χ1n) is 9.39. The molecule has 5 heteroatoms. The van der Waals surface area contributed by atoms with E-state index in [0.717, 1.165) is 39.3 Å². The second kappa shape index (κ2) is 6.29. The maximum Gasteiger partial charge on any atom is 0.144 e. The van der Waals surface area contributed by atoms with E-state index in [0.29, 0.717) is 23.9 Å². The summed E-state index contributed by atoms with van der Waals surface area (Å²) in [7, 11) is 0. The molecule has 0 saturated carbocycles. The smallest absolute Gasteiger partial charge is 0.144 e. The van der Waals surface area contributed by atoms with Crippen molar-refractivity contribution in [1.29, 1.82) is 0 Å². The highest BCUT2D eigenvalue weighted by atomic mass is 16.5. The van der Waals surface area contributed by atoms with E-state index in [1.54, 1.807) is 0 Å². The number of fused-ring (bicyclic) bond motifs is 8. The molecule has 5 heterocycles. The zero-order valence-electron chi connectivity index (χ0n) is 15.8. The highest BCUT2D eigenvalue weighted by molar-refractivity contribution is 5.79. The molecule has 0 unspecified atom stereocenters. The Kier molecular flexibility index (Phi) is 3.39. The van der Waals surface area contributed by atoms with Gasteiger partial charge >= 0.3 is 0 Å². The number of H-pyrrole nitrogens is 2. The maximum absolute atomic E-state index is 8.50. The molecule has 0 fully saturated rings. The summed E-state index contributed by atoms with van der Waals surface area (Å²) >= 11 is 0. The van der Waals surface area contributed by atoms with Crippen LogP contribution in [0.15, 0.2) is 42.4 Å². The molecule has 0 saturated heterocycles. The Bertz CT molecular complexity index is 1300. The van der Waals surface area contributed by atoms with Crippen molar-refractivity contribution in [2.24, 2.45) is 0 Å². The molecule has 0 spiro atoms. The molecule has 0 aliphatic carbocycles. The van der Waals surface area contributed by atoms with E-state index in [-0.39, 0.29) is 0 Å². The van der Waals surface area contributed by atoms with Gasteiger partial charge in [-0.25, -0.2) is 9.97 Å². The summed E-state index contributed by atoms with van der Waals surface area (Å²) in [5.41, 5.74) is 6.66. The number of ether oxygens (including phenoxy) is 1.